The van der Waals surface area contributed by atoms with Crippen molar-refractivity contribution >= 4 is 50.5 Å². The summed E-state index contributed by atoms with van der Waals surface area (Å²) in [6, 6.07) is 11.9. The van der Waals surface area contributed by atoms with Crippen molar-refractivity contribution in [3.63, 3.8) is 0 Å². The van der Waals surface area contributed by atoms with Crippen LogP contribution in [0.1, 0.15) is 57.2 Å². The molecule has 0 bridgehead atoms. The number of hydrogen-bond acceptors (Lipinski definition) is 5. The zero-order valence-corrected chi connectivity index (χ0v) is 23.4. The van der Waals surface area contributed by atoms with Crippen LogP contribution >= 0.6 is 28.1 Å². The Bertz CT molecular complexity index is 1270. The number of carbonyl (C=O) groups is 1. The molecule has 2 aromatic carbocycles. The largest absolute Gasteiger partial charge is 0.492 e. The smallest absolute Gasteiger partial charge is 0.417 e. The third kappa shape index (κ3) is 6.23. The molecule has 1 amide bonds. The monoisotopic (exact) mass is 594 g/mol. The number of rotatable bonds is 6. The summed E-state index contributed by atoms with van der Waals surface area (Å²) in [4.78, 5) is 16.1. The topological polar surface area (TPSA) is 80.4 Å². The highest BCUT2D eigenvalue weighted by Crippen LogP contribution is 2.41. The summed E-state index contributed by atoms with van der Waals surface area (Å²) in [6.07, 6.45) is -4.75. The van der Waals surface area contributed by atoms with E-state index in [0.29, 0.717) is 23.4 Å². The molecule has 37 heavy (non-hydrogen) atoms. The van der Waals surface area contributed by atoms with E-state index in [2.05, 4.69) is 15.9 Å². The van der Waals surface area contributed by atoms with Gasteiger partial charge in [-0.05, 0) is 73.9 Å². The highest BCUT2D eigenvalue weighted by Gasteiger charge is 2.50. The number of nitriles is 2. The summed E-state index contributed by atoms with van der Waals surface area (Å²) >= 11 is 8.95. The van der Waals surface area contributed by atoms with E-state index in [1.165, 1.54) is 13.0 Å². The molecule has 0 radical (unpaired) electrons. The average Bonchev–Trinajstić information content (AvgIpc) is 3.00. The van der Waals surface area contributed by atoms with Gasteiger partial charge in [0.25, 0.3) is 5.91 Å². The molecular weight excluding hydrogens is 569 g/mol. The molecule has 1 aliphatic rings. The Morgan fingerprint density at radius 3 is 2.24 bits per heavy atom. The predicted octanol–water partition coefficient (Wildman–Crippen LogP) is 6.92. The normalized spacial score (nSPS) is 14.7. The summed E-state index contributed by atoms with van der Waals surface area (Å²) in [5, 5.41) is 17.1. The molecule has 1 heterocycles. The Morgan fingerprint density at radius 1 is 1.14 bits per heavy atom. The standard InChI is InChI=1S/C24H23BrF3N3O2S.C2H3N/c1-14(2)18-11-17(7-8-20(18)33-10-9-25)31-22(34)30(21(32)23(31,3)4)16-6-5-15(13-29)19(12-16)24(26,27)28;1-2-3/h5-8,11-12,14H,9-10H2,1-4H3;1H3. The van der Waals surface area contributed by atoms with Crippen LogP contribution in [-0.2, 0) is 11.0 Å². The summed E-state index contributed by atoms with van der Waals surface area (Å²) in [5.41, 5.74) is -1.29. The molecule has 1 aliphatic heterocycles. The van der Waals surface area contributed by atoms with E-state index in [0.717, 1.165) is 22.6 Å². The number of hydrogen-bond donors (Lipinski definition) is 0. The van der Waals surface area contributed by atoms with Gasteiger partial charge in [-0.15, -0.1) is 0 Å². The van der Waals surface area contributed by atoms with Gasteiger partial charge >= 0.3 is 6.18 Å². The van der Waals surface area contributed by atoms with E-state index >= 15 is 0 Å². The maximum absolute atomic E-state index is 13.5. The van der Waals surface area contributed by atoms with Crippen LogP contribution in [0.5, 0.6) is 5.75 Å². The third-order valence-electron chi connectivity index (χ3n) is 5.56. The molecule has 0 unspecified atom stereocenters. The number of halogens is 4. The number of nitrogens with zero attached hydrogens (tertiary/aromatic N) is 4. The number of carbonyl (C=O) groups excluding carboxylic acids is 1. The number of amides is 1. The lowest BCUT2D eigenvalue weighted by Gasteiger charge is -2.30. The van der Waals surface area contributed by atoms with Gasteiger partial charge in [0.05, 0.1) is 35.6 Å². The van der Waals surface area contributed by atoms with Crippen molar-refractivity contribution in [1.82, 2.24) is 0 Å². The van der Waals surface area contributed by atoms with Gasteiger partial charge in [-0.2, -0.15) is 23.7 Å². The number of alkyl halides is 4. The summed E-state index contributed by atoms with van der Waals surface area (Å²) < 4.78 is 46.4. The molecule has 11 heteroatoms. The van der Waals surface area contributed by atoms with Crippen LogP contribution in [0.4, 0.5) is 24.5 Å². The van der Waals surface area contributed by atoms with Crippen molar-refractivity contribution in [2.45, 2.75) is 52.3 Å². The van der Waals surface area contributed by atoms with Crippen LogP contribution in [0.25, 0.3) is 0 Å². The zero-order chi connectivity index (χ0) is 28.1. The van der Waals surface area contributed by atoms with Gasteiger partial charge in [0.15, 0.2) is 5.11 Å². The summed E-state index contributed by atoms with van der Waals surface area (Å²) in [5.74, 6) is 0.358. The van der Waals surface area contributed by atoms with Gasteiger partial charge < -0.3 is 9.64 Å². The van der Waals surface area contributed by atoms with Crippen LogP contribution in [-0.4, -0.2) is 28.5 Å². The summed E-state index contributed by atoms with van der Waals surface area (Å²) in [7, 11) is 0. The van der Waals surface area contributed by atoms with Crippen molar-refractivity contribution in [3.05, 3.63) is 53.1 Å². The first kappa shape index (κ1) is 30.1. The van der Waals surface area contributed by atoms with Gasteiger partial charge in [0, 0.05) is 17.9 Å². The highest BCUT2D eigenvalue weighted by molar-refractivity contribution is 9.09. The molecule has 3 rings (SSSR count). The molecule has 2 aromatic rings. The fourth-order valence-electron chi connectivity index (χ4n) is 3.87. The van der Waals surface area contributed by atoms with Gasteiger partial charge in [0.2, 0.25) is 0 Å². The van der Waals surface area contributed by atoms with E-state index in [-0.39, 0.29) is 16.7 Å². The van der Waals surface area contributed by atoms with Crippen molar-refractivity contribution < 1.29 is 22.7 Å². The van der Waals surface area contributed by atoms with E-state index < -0.39 is 28.7 Å². The number of ether oxygens (including phenoxy) is 1. The second-order valence-corrected chi connectivity index (χ2v) is 9.95. The van der Waals surface area contributed by atoms with Crippen molar-refractivity contribution in [2.75, 3.05) is 21.7 Å². The van der Waals surface area contributed by atoms with Crippen molar-refractivity contribution in [3.8, 4) is 17.9 Å². The highest BCUT2D eigenvalue weighted by atomic mass is 79.9. The first-order valence-electron chi connectivity index (χ1n) is 11.2. The lowest BCUT2D eigenvalue weighted by Crippen LogP contribution is -2.44. The molecule has 196 valence electrons. The average molecular weight is 595 g/mol. The Labute approximate surface area is 228 Å². The third-order valence-corrected chi connectivity index (χ3v) is 6.25. The second kappa shape index (κ2) is 11.9. The van der Waals surface area contributed by atoms with Crippen LogP contribution in [0.2, 0.25) is 0 Å². The van der Waals surface area contributed by atoms with Gasteiger partial charge in [-0.3, -0.25) is 9.69 Å². The molecule has 0 aliphatic carbocycles. The first-order valence-corrected chi connectivity index (χ1v) is 12.7. The Balaban J connectivity index is 0.00000153. The maximum Gasteiger partial charge on any atom is 0.417 e. The summed E-state index contributed by atoms with van der Waals surface area (Å²) in [6.45, 7) is 9.28. The molecule has 1 fully saturated rings. The van der Waals surface area contributed by atoms with Gasteiger partial charge in [0.1, 0.15) is 11.3 Å². The van der Waals surface area contributed by atoms with Gasteiger partial charge in [-0.25, -0.2) is 0 Å². The minimum atomic E-state index is -4.75. The van der Waals surface area contributed by atoms with Crippen LogP contribution in [0.15, 0.2) is 36.4 Å². The fourth-order valence-corrected chi connectivity index (χ4v) is 4.55. The number of benzene rings is 2. The number of thiocarbonyl (C=S) groups is 1. The second-order valence-electron chi connectivity index (χ2n) is 8.79. The maximum atomic E-state index is 13.5. The zero-order valence-electron chi connectivity index (χ0n) is 21.0. The SMILES string of the molecule is CC#N.CC(C)c1cc(N2C(=S)N(c3ccc(C#N)c(C(F)(F)F)c3)C(=O)C2(C)C)ccc1OCCBr. The Hall–Kier alpha value is -3.15. The van der Waals surface area contributed by atoms with E-state index in [4.69, 9.17) is 27.5 Å². The molecule has 0 saturated carbocycles. The molecular formula is C26H26BrF3N4O2S. The minimum absolute atomic E-state index is 0.0433. The molecule has 1 saturated heterocycles. The Kier molecular flexibility index (Phi) is 9.70. The van der Waals surface area contributed by atoms with Crippen LogP contribution in [0, 0.1) is 22.7 Å². The quantitative estimate of drug-likeness (QED) is 0.267. The van der Waals surface area contributed by atoms with Crippen molar-refractivity contribution in [1.29, 1.82) is 10.5 Å². The molecule has 6 nitrogen and oxygen atoms in total. The van der Waals surface area contributed by atoms with Crippen molar-refractivity contribution in [2.24, 2.45) is 0 Å². The van der Waals surface area contributed by atoms with E-state index in [1.54, 1.807) is 37.0 Å². The first-order chi connectivity index (χ1) is 17.3. The lowest BCUT2D eigenvalue weighted by atomic mass is 9.98. The molecule has 0 spiro atoms. The molecule has 0 N–H and O–H groups in total. The molecule has 0 aromatic heterocycles. The predicted molar refractivity (Wildman–Crippen MR) is 144 cm³/mol. The Morgan fingerprint density at radius 2 is 1.73 bits per heavy atom. The van der Waals surface area contributed by atoms with Crippen LogP contribution < -0.4 is 14.5 Å². The van der Waals surface area contributed by atoms with Crippen LogP contribution in [0.3, 0.4) is 0 Å². The number of anilines is 2. The minimum Gasteiger partial charge on any atom is -0.492 e. The van der Waals surface area contributed by atoms with E-state index in [1.807, 2.05) is 26.0 Å². The lowest BCUT2D eigenvalue weighted by molar-refractivity contribution is -0.137. The fraction of sp³-hybridized carbons (Fsp3) is 0.385. The molecule has 0 atom stereocenters. The van der Waals surface area contributed by atoms with E-state index in [9.17, 15) is 18.0 Å². The van der Waals surface area contributed by atoms with Gasteiger partial charge in [-0.1, -0.05) is 29.8 Å².